The van der Waals surface area contributed by atoms with Crippen LogP contribution in [0.25, 0.3) is 0 Å². The Balaban J connectivity index is 0.000000159. The second kappa shape index (κ2) is 21.6. The van der Waals surface area contributed by atoms with Crippen LogP contribution >= 0.6 is 0 Å². The highest BCUT2D eigenvalue weighted by Gasteiger charge is 2.50. The number of hydrogen-bond donors (Lipinski definition) is 4. The maximum Gasteiger partial charge on any atom is 0.251 e. The van der Waals surface area contributed by atoms with E-state index in [2.05, 4.69) is 45.5 Å². The zero-order valence-corrected chi connectivity index (χ0v) is 41.6. The molecular formula is C62H64F2N6O4. The molecule has 74 heavy (non-hydrogen) atoms. The van der Waals surface area contributed by atoms with Gasteiger partial charge in [-0.2, -0.15) is 0 Å². The molecule has 6 aromatic carbocycles. The summed E-state index contributed by atoms with van der Waals surface area (Å²) in [5.74, 6) is -0.965. The number of halogens is 2. The first-order chi connectivity index (χ1) is 36.2. The van der Waals surface area contributed by atoms with Gasteiger partial charge < -0.3 is 31.1 Å². The summed E-state index contributed by atoms with van der Waals surface area (Å²) < 4.78 is 28.9. The molecule has 2 saturated carbocycles. The molecule has 0 spiro atoms. The lowest BCUT2D eigenvalue weighted by molar-refractivity contribution is -0.139. The minimum Gasteiger partial charge on any atom is -0.378 e. The quantitative estimate of drug-likeness (QED) is 0.120. The number of nitrogens with zero attached hydrogens (tertiary/aromatic N) is 2. The van der Waals surface area contributed by atoms with Gasteiger partial charge in [0.1, 0.15) is 11.6 Å². The Labute approximate surface area is 432 Å². The highest BCUT2D eigenvalue weighted by atomic mass is 19.1. The van der Waals surface area contributed by atoms with Crippen LogP contribution in [0.4, 0.5) is 20.2 Å². The normalized spacial score (nSPS) is 26.5. The Morgan fingerprint density at radius 1 is 0.446 bits per heavy atom. The van der Waals surface area contributed by atoms with Crippen molar-refractivity contribution >= 4 is 35.0 Å². The van der Waals surface area contributed by atoms with Gasteiger partial charge in [-0.3, -0.25) is 19.2 Å². The molecule has 2 aliphatic carbocycles. The number of nitrogens with one attached hydrogen (secondary N) is 4. The van der Waals surface area contributed by atoms with E-state index in [4.69, 9.17) is 0 Å². The van der Waals surface area contributed by atoms with Gasteiger partial charge in [0, 0.05) is 70.6 Å². The van der Waals surface area contributed by atoms with Gasteiger partial charge in [0.15, 0.2) is 0 Å². The topological polar surface area (TPSA) is 123 Å². The van der Waals surface area contributed by atoms with Crippen molar-refractivity contribution in [2.45, 2.75) is 100 Å². The molecule has 4 N–H and O–H groups in total. The summed E-state index contributed by atoms with van der Waals surface area (Å²) in [5, 5.41) is 13.6. The van der Waals surface area contributed by atoms with Gasteiger partial charge in [0.05, 0.1) is 36.0 Å². The van der Waals surface area contributed by atoms with E-state index >= 15 is 0 Å². The average molecular weight is 995 g/mol. The largest absolute Gasteiger partial charge is 0.378 e. The van der Waals surface area contributed by atoms with Crippen molar-refractivity contribution in [3.63, 3.8) is 0 Å². The van der Waals surface area contributed by atoms with E-state index in [1.165, 1.54) is 23.3 Å². The second-order valence-corrected chi connectivity index (χ2v) is 21.1. The summed E-state index contributed by atoms with van der Waals surface area (Å²) in [6.07, 6.45) is 8.68. The van der Waals surface area contributed by atoms with Crippen molar-refractivity contribution < 1.29 is 28.0 Å². The van der Waals surface area contributed by atoms with E-state index in [-0.39, 0.29) is 95.2 Å². The van der Waals surface area contributed by atoms with Crippen LogP contribution < -0.4 is 21.3 Å². The van der Waals surface area contributed by atoms with Crippen LogP contribution in [0.3, 0.4) is 0 Å². The van der Waals surface area contributed by atoms with Gasteiger partial charge in [-0.15, -0.1) is 0 Å². The first-order valence-electron chi connectivity index (χ1n) is 26.7. The Kier molecular flexibility index (Phi) is 14.3. The molecule has 6 aromatic rings. The van der Waals surface area contributed by atoms with Crippen molar-refractivity contribution in [1.82, 2.24) is 20.4 Å². The van der Waals surface area contributed by atoms with Gasteiger partial charge in [0.25, 0.3) is 11.8 Å². The van der Waals surface area contributed by atoms with E-state index in [0.29, 0.717) is 24.2 Å². The molecule has 6 aliphatic rings. The Hall–Kier alpha value is -7.34. The molecule has 0 bridgehead atoms. The predicted octanol–water partition coefficient (Wildman–Crippen LogP) is 11.7. The molecule has 4 heterocycles. The highest BCUT2D eigenvalue weighted by Crippen LogP contribution is 2.54. The monoisotopic (exact) mass is 994 g/mol. The maximum atomic E-state index is 14.4. The zero-order chi connectivity index (χ0) is 50.7. The van der Waals surface area contributed by atoms with Crippen LogP contribution in [0, 0.1) is 35.3 Å². The first kappa shape index (κ1) is 48.9. The van der Waals surface area contributed by atoms with E-state index in [1.807, 2.05) is 82.6 Å². The van der Waals surface area contributed by atoms with Gasteiger partial charge in [-0.05, 0) is 110 Å². The predicted molar refractivity (Wildman–Crippen MR) is 283 cm³/mol. The molecule has 380 valence electrons. The molecule has 4 amide bonds. The summed E-state index contributed by atoms with van der Waals surface area (Å²) in [4.78, 5) is 58.2. The second-order valence-electron chi connectivity index (χ2n) is 21.1. The number of fused-ring (bicyclic) bond motifs is 6. The van der Waals surface area contributed by atoms with Crippen LogP contribution in [0.1, 0.15) is 131 Å². The Bertz CT molecular complexity index is 2760. The fourth-order valence-corrected chi connectivity index (χ4v) is 13.3. The number of carbonyl (C=O) groups is 4. The zero-order valence-electron chi connectivity index (χ0n) is 41.6. The van der Waals surface area contributed by atoms with Crippen molar-refractivity contribution in [3.8, 4) is 0 Å². The number of carbonyl (C=O) groups excluding carboxylic acids is 4. The number of anilines is 2. The maximum absolute atomic E-state index is 14.4. The summed E-state index contributed by atoms with van der Waals surface area (Å²) >= 11 is 0. The third-order valence-electron chi connectivity index (χ3n) is 16.8. The fourth-order valence-electron chi connectivity index (χ4n) is 13.3. The van der Waals surface area contributed by atoms with E-state index in [0.717, 1.165) is 86.7 Å². The molecule has 12 heteroatoms. The molecule has 4 fully saturated rings. The molecule has 2 saturated heterocycles. The van der Waals surface area contributed by atoms with E-state index in [9.17, 15) is 28.0 Å². The van der Waals surface area contributed by atoms with Crippen molar-refractivity contribution in [1.29, 1.82) is 0 Å². The van der Waals surface area contributed by atoms with Crippen LogP contribution in [0.2, 0.25) is 0 Å². The lowest BCUT2D eigenvalue weighted by atomic mass is 9.79. The third-order valence-corrected chi connectivity index (χ3v) is 16.8. The third kappa shape index (κ3) is 9.90. The SMILES string of the molecule is O=C(N[C@@H]1CCCC[C@@H]1C(=O)N1CC[C@@H]2[C@H](c3ccccc3)Nc3ccc(F)cc3[C@@H]21)c1ccccc1.O=C(N[C@@H]1CCCC[C@@H]1C(=O)N1CC[C@H]2[C@@H](c3ccccc3)Nc3ccc(F)cc3[C@H]21)c1ccccc1. The Morgan fingerprint density at radius 2 is 0.811 bits per heavy atom. The van der Waals surface area contributed by atoms with Crippen LogP contribution in [0.15, 0.2) is 158 Å². The standard InChI is InChI=1S/2C31H32FN3O2/c2*32-22-15-16-27-25(19-22)29-24(28(33-27)20-9-3-1-4-10-20)17-18-35(29)31(37)23-13-7-8-14-26(23)34-30(36)21-11-5-2-6-12-21/h2*1-6,9-12,15-16,19,23-24,26,28-29,33H,7-8,13-14,17-18H2,(H,34,36)/t23-,24+,26+,28-,29+;23-,24-,26+,28+,29-/m00/s1. The summed E-state index contributed by atoms with van der Waals surface area (Å²) in [6.45, 7) is 1.26. The highest BCUT2D eigenvalue weighted by molar-refractivity contribution is 5.95. The number of amides is 4. The van der Waals surface area contributed by atoms with E-state index in [1.54, 1.807) is 48.5 Å². The summed E-state index contributed by atoms with van der Waals surface area (Å²) in [5.41, 5.74) is 7.03. The van der Waals surface area contributed by atoms with E-state index < -0.39 is 0 Å². The number of likely N-dealkylation sites (tertiary alicyclic amines) is 2. The molecule has 0 radical (unpaired) electrons. The minimum atomic E-state index is -0.289. The lowest BCUT2D eigenvalue weighted by Gasteiger charge is -2.42. The lowest BCUT2D eigenvalue weighted by Crippen LogP contribution is -2.50. The van der Waals surface area contributed by atoms with Gasteiger partial charge in [-0.1, -0.05) is 123 Å². The van der Waals surface area contributed by atoms with Gasteiger partial charge in [0.2, 0.25) is 11.8 Å². The first-order valence-corrected chi connectivity index (χ1v) is 26.7. The van der Waals surface area contributed by atoms with Crippen molar-refractivity contribution in [3.05, 3.63) is 203 Å². The molecule has 4 aliphatic heterocycles. The fraction of sp³-hybridized carbons (Fsp3) is 0.355. The van der Waals surface area contributed by atoms with Crippen LogP contribution in [-0.4, -0.2) is 58.6 Å². The van der Waals surface area contributed by atoms with Crippen molar-refractivity contribution in [2.24, 2.45) is 23.7 Å². The van der Waals surface area contributed by atoms with Crippen LogP contribution in [-0.2, 0) is 9.59 Å². The van der Waals surface area contributed by atoms with Gasteiger partial charge in [-0.25, -0.2) is 8.78 Å². The molecule has 10 atom stereocenters. The summed E-state index contributed by atoms with van der Waals surface area (Å²) in [6, 6.07) is 47.9. The number of hydrogen-bond acceptors (Lipinski definition) is 6. The Morgan fingerprint density at radius 3 is 1.20 bits per heavy atom. The number of benzene rings is 6. The molecular weight excluding hydrogens is 931 g/mol. The van der Waals surface area contributed by atoms with Crippen molar-refractivity contribution in [2.75, 3.05) is 23.7 Å². The molecule has 12 rings (SSSR count). The minimum absolute atomic E-state index is 0.0434. The molecule has 0 unspecified atom stereocenters. The molecule has 10 nitrogen and oxygen atoms in total. The van der Waals surface area contributed by atoms with Gasteiger partial charge >= 0.3 is 0 Å². The van der Waals surface area contributed by atoms with Crippen LogP contribution in [0.5, 0.6) is 0 Å². The smallest absolute Gasteiger partial charge is 0.251 e. The average Bonchev–Trinajstić information content (AvgIpc) is 4.11. The molecule has 0 aromatic heterocycles. The number of rotatable bonds is 8. The summed E-state index contributed by atoms with van der Waals surface area (Å²) in [7, 11) is 0.